The fraction of sp³-hybridized carbons (Fsp3) is 0.500. The molecule has 1 fully saturated rings. The Hall–Kier alpha value is -0.940. The van der Waals surface area contributed by atoms with Gasteiger partial charge in [0, 0.05) is 12.6 Å². The second-order valence-corrected chi connectivity index (χ2v) is 3.94. The minimum absolute atomic E-state index is 0.355. The quantitative estimate of drug-likeness (QED) is 0.760. The van der Waals surface area contributed by atoms with Crippen molar-refractivity contribution < 1.29 is 9.90 Å². The van der Waals surface area contributed by atoms with Crippen molar-refractivity contribution in [2.45, 2.75) is 25.4 Å². The summed E-state index contributed by atoms with van der Waals surface area (Å²) in [4.78, 5) is 15.1. The molecule has 2 N–H and O–H groups in total. The number of carboxylic acid groups (broad SMARTS) is 1. The number of rotatable bonds is 4. The minimum atomic E-state index is -0.880. The number of nitrogens with one attached hydrogen (secondary N) is 1. The molecule has 0 aromatic carbocycles. The number of aromatic nitrogens is 1. The van der Waals surface area contributed by atoms with E-state index in [2.05, 4.69) is 10.3 Å². The van der Waals surface area contributed by atoms with Gasteiger partial charge < -0.3 is 10.4 Å². The largest absolute Gasteiger partial charge is 0.477 e. The van der Waals surface area contributed by atoms with E-state index in [0.717, 1.165) is 0 Å². The summed E-state index contributed by atoms with van der Waals surface area (Å²) in [6.07, 6.45) is 2.40. The molecule has 0 saturated heterocycles. The fourth-order valence-electron chi connectivity index (χ4n) is 1.10. The molecule has 1 aromatic heterocycles. The molecule has 5 heteroatoms. The van der Waals surface area contributed by atoms with Crippen LogP contribution in [-0.2, 0) is 6.54 Å². The van der Waals surface area contributed by atoms with Crippen molar-refractivity contribution in [1.82, 2.24) is 10.3 Å². The minimum Gasteiger partial charge on any atom is -0.477 e. The molecule has 2 rings (SSSR count). The highest BCUT2D eigenvalue weighted by atomic mass is 32.1. The van der Waals surface area contributed by atoms with Gasteiger partial charge in [-0.25, -0.2) is 9.78 Å². The zero-order chi connectivity index (χ0) is 9.26. The summed E-state index contributed by atoms with van der Waals surface area (Å²) in [6, 6.07) is 0.586. The lowest BCUT2D eigenvalue weighted by Gasteiger charge is -1.99. The Morgan fingerprint density at radius 3 is 3.15 bits per heavy atom. The van der Waals surface area contributed by atoms with Crippen molar-refractivity contribution in [1.29, 1.82) is 0 Å². The third-order valence-electron chi connectivity index (χ3n) is 1.97. The van der Waals surface area contributed by atoms with Gasteiger partial charge in [-0.1, -0.05) is 0 Å². The molecule has 1 saturated carbocycles. The van der Waals surface area contributed by atoms with Gasteiger partial charge in [-0.2, -0.15) is 0 Å². The van der Waals surface area contributed by atoms with E-state index in [4.69, 9.17) is 5.11 Å². The maximum absolute atomic E-state index is 10.7. The van der Waals surface area contributed by atoms with Crippen LogP contribution in [0.15, 0.2) is 5.51 Å². The lowest BCUT2D eigenvalue weighted by molar-refractivity contribution is 0.0700. The lowest BCUT2D eigenvalue weighted by Crippen LogP contribution is -2.17. The number of carboxylic acids is 1. The van der Waals surface area contributed by atoms with Gasteiger partial charge in [0.1, 0.15) is 4.88 Å². The van der Waals surface area contributed by atoms with Crippen LogP contribution in [0.25, 0.3) is 0 Å². The SMILES string of the molecule is O=C(O)c1scnc1CNC1CC1. The van der Waals surface area contributed by atoms with Gasteiger partial charge in [-0.15, -0.1) is 11.3 Å². The lowest BCUT2D eigenvalue weighted by atomic mass is 10.3. The zero-order valence-electron chi connectivity index (χ0n) is 6.99. The van der Waals surface area contributed by atoms with Crippen LogP contribution in [0.4, 0.5) is 0 Å². The van der Waals surface area contributed by atoms with Crippen molar-refractivity contribution in [3.05, 3.63) is 16.1 Å². The van der Waals surface area contributed by atoms with Crippen molar-refractivity contribution >= 4 is 17.3 Å². The molecule has 70 valence electrons. The molecule has 4 nitrogen and oxygen atoms in total. The highest BCUT2D eigenvalue weighted by Crippen LogP contribution is 2.20. The predicted molar refractivity (Wildman–Crippen MR) is 48.9 cm³/mol. The molecule has 0 radical (unpaired) electrons. The Labute approximate surface area is 79.6 Å². The Kier molecular flexibility index (Phi) is 2.28. The molecule has 0 atom stereocenters. The van der Waals surface area contributed by atoms with Gasteiger partial charge in [0.2, 0.25) is 0 Å². The number of hydrogen-bond acceptors (Lipinski definition) is 4. The summed E-state index contributed by atoms with van der Waals surface area (Å²) in [5.41, 5.74) is 2.23. The van der Waals surface area contributed by atoms with Gasteiger partial charge in [-0.05, 0) is 12.8 Å². The molecule has 13 heavy (non-hydrogen) atoms. The van der Waals surface area contributed by atoms with Crippen LogP contribution in [-0.4, -0.2) is 22.1 Å². The number of thiazole rings is 1. The zero-order valence-corrected chi connectivity index (χ0v) is 7.80. The monoisotopic (exact) mass is 198 g/mol. The first-order valence-corrected chi connectivity index (χ1v) is 5.04. The summed E-state index contributed by atoms with van der Waals surface area (Å²) < 4.78 is 0. The van der Waals surface area contributed by atoms with Crippen LogP contribution in [0.1, 0.15) is 28.2 Å². The van der Waals surface area contributed by atoms with Crippen LogP contribution in [0.2, 0.25) is 0 Å². The molecular formula is C8H10N2O2S. The van der Waals surface area contributed by atoms with Crippen LogP contribution in [0.5, 0.6) is 0 Å². The van der Waals surface area contributed by atoms with E-state index in [1.54, 1.807) is 5.51 Å². The molecule has 0 spiro atoms. The van der Waals surface area contributed by atoms with Crippen molar-refractivity contribution in [2.24, 2.45) is 0 Å². The molecule has 1 aliphatic rings. The highest BCUT2D eigenvalue weighted by Gasteiger charge is 2.22. The summed E-state index contributed by atoms with van der Waals surface area (Å²) in [6.45, 7) is 0.579. The normalized spacial score (nSPS) is 16.0. The molecule has 0 amide bonds. The second kappa shape index (κ2) is 3.43. The Morgan fingerprint density at radius 2 is 2.54 bits per heavy atom. The van der Waals surface area contributed by atoms with E-state index in [-0.39, 0.29) is 0 Å². The van der Waals surface area contributed by atoms with Crippen molar-refractivity contribution in [2.75, 3.05) is 0 Å². The Morgan fingerprint density at radius 1 is 1.77 bits per heavy atom. The molecule has 1 heterocycles. The van der Waals surface area contributed by atoms with Crippen LogP contribution < -0.4 is 5.32 Å². The summed E-state index contributed by atoms with van der Waals surface area (Å²) in [5.74, 6) is -0.880. The van der Waals surface area contributed by atoms with Crippen LogP contribution >= 0.6 is 11.3 Å². The topological polar surface area (TPSA) is 62.2 Å². The summed E-state index contributed by atoms with van der Waals surface area (Å²) in [5, 5.41) is 12.0. The fourth-order valence-corrected chi connectivity index (χ4v) is 1.74. The Bertz CT molecular complexity index is 320. The predicted octanol–water partition coefficient (Wildman–Crippen LogP) is 1.09. The standard InChI is InChI=1S/C8H10N2O2S/c11-8(12)7-6(10-4-13-7)3-9-5-1-2-5/h4-5,9H,1-3H2,(H,11,12). The highest BCUT2D eigenvalue weighted by molar-refractivity contribution is 7.11. The molecule has 1 aromatic rings. The van der Waals surface area contributed by atoms with Gasteiger partial charge in [0.15, 0.2) is 0 Å². The van der Waals surface area contributed by atoms with Crippen LogP contribution in [0, 0.1) is 0 Å². The maximum Gasteiger partial charge on any atom is 0.347 e. The summed E-state index contributed by atoms with van der Waals surface area (Å²) in [7, 11) is 0. The first-order chi connectivity index (χ1) is 6.27. The first kappa shape index (κ1) is 8.65. The molecule has 0 unspecified atom stereocenters. The smallest absolute Gasteiger partial charge is 0.347 e. The van der Waals surface area contributed by atoms with E-state index in [0.29, 0.717) is 23.2 Å². The Balaban J connectivity index is 2.00. The van der Waals surface area contributed by atoms with Crippen molar-refractivity contribution in [3.63, 3.8) is 0 Å². The van der Waals surface area contributed by atoms with Gasteiger partial charge in [0.25, 0.3) is 0 Å². The van der Waals surface area contributed by atoms with Gasteiger partial charge in [-0.3, -0.25) is 0 Å². The van der Waals surface area contributed by atoms with E-state index in [1.165, 1.54) is 24.2 Å². The number of carbonyl (C=O) groups is 1. The number of hydrogen-bond donors (Lipinski definition) is 2. The van der Waals surface area contributed by atoms with E-state index in [9.17, 15) is 4.79 Å². The number of nitrogens with zero attached hydrogens (tertiary/aromatic N) is 1. The molecule has 1 aliphatic carbocycles. The van der Waals surface area contributed by atoms with E-state index >= 15 is 0 Å². The third-order valence-corrected chi connectivity index (χ3v) is 2.83. The average molecular weight is 198 g/mol. The van der Waals surface area contributed by atoms with Gasteiger partial charge in [0.05, 0.1) is 11.2 Å². The van der Waals surface area contributed by atoms with Crippen molar-refractivity contribution in [3.8, 4) is 0 Å². The maximum atomic E-state index is 10.7. The van der Waals surface area contributed by atoms with Crippen LogP contribution in [0.3, 0.4) is 0 Å². The van der Waals surface area contributed by atoms with Gasteiger partial charge >= 0.3 is 5.97 Å². The third kappa shape index (κ3) is 2.05. The van der Waals surface area contributed by atoms with E-state index < -0.39 is 5.97 Å². The second-order valence-electron chi connectivity index (χ2n) is 3.09. The first-order valence-electron chi connectivity index (χ1n) is 4.16. The van der Waals surface area contributed by atoms with E-state index in [1.807, 2.05) is 0 Å². The number of aromatic carboxylic acids is 1. The molecular weight excluding hydrogens is 188 g/mol. The molecule has 0 bridgehead atoms. The summed E-state index contributed by atoms with van der Waals surface area (Å²) >= 11 is 1.18. The average Bonchev–Trinajstić information content (AvgIpc) is 2.79. The molecule has 0 aliphatic heterocycles.